The Balaban J connectivity index is 1.42. The van der Waals surface area contributed by atoms with Crippen LogP contribution in [0, 0.1) is 5.92 Å². The predicted molar refractivity (Wildman–Crippen MR) is 87.8 cm³/mol. The van der Waals surface area contributed by atoms with Gasteiger partial charge in [0.15, 0.2) is 0 Å². The first-order valence-electron chi connectivity index (χ1n) is 8.76. The van der Waals surface area contributed by atoms with E-state index in [0.717, 1.165) is 39.1 Å². The van der Waals surface area contributed by atoms with Crippen molar-refractivity contribution in [1.82, 2.24) is 19.6 Å². The highest BCUT2D eigenvalue weighted by molar-refractivity contribution is 5.76. The maximum atomic E-state index is 12.3. The Bertz CT molecular complexity index is 510. The van der Waals surface area contributed by atoms with Crippen molar-refractivity contribution in [2.24, 2.45) is 13.0 Å². The molecule has 3 heterocycles. The lowest BCUT2D eigenvalue weighted by Crippen LogP contribution is -2.41. The number of carbonyl (C=O) groups is 1. The van der Waals surface area contributed by atoms with Crippen LogP contribution in [0.3, 0.4) is 0 Å². The summed E-state index contributed by atoms with van der Waals surface area (Å²) in [5.74, 6) is 0.947. The van der Waals surface area contributed by atoms with E-state index in [1.54, 1.807) is 0 Å². The van der Waals surface area contributed by atoms with Crippen molar-refractivity contribution in [3.05, 3.63) is 18.0 Å². The molecule has 2 saturated heterocycles. The summed E-state index contributed by atoms with van der Waals surface area (Å²) in [7, 11) is 1.96. The Labute approximate surface area is 138 Å². The first-order valence-corrected chi connectivity index (χ1v) is 8.76. The van der Waals surface area contributed by atoms with Crippen molar-refractivity contribution < 1.29 is 9.53 Å². The molecule has 1 atom stereocenters. The van der Waals surface area contributed by atoms with Crippen molar-refractivity contribution in [2.45, 2.75) is 32.2 Å². The van der Waals surface area contributed by atoms with E-state index in [1.165, 1.54) is 18.4 Å². The average molecular weight is 320 g/mol. The van der Waals surface area contributed by atoms with Crippen LogP contribution in [0.5, 0.6) is 0 Å². The summed E-state index contributed by atoms with van der Waals surface area (Å²) in [6, 6.07) is 0. The number of carbonyl (C=O) groups excluding carboxylic acids is 1. The van der Waals surface area contributed by atoms with Crippen LogP contribution in [0.1, 0.15) is 31.2 Å². The van der Waals surface area contributed by atoms with Gasteiger partial charge in [-0.15, -0.1) is 0 Å². The molecule has 0 saturated carbocycles. The Morgan fingerprint density at radius 1 is 1.35 bits per heavy atom. The minimum absolute atomic E-state index is 0.303. The zero-order chi connectivity index (χ0) is 16.1. The Morgan fingerprint density at radius 2 is 2.17 bits per heavy atom. The molecular formula is C17H28N4O2. The quantitative estimate of drug-likeness (QED) is 0.820. The molecule has 6 nitrogen and oxygen atoms in total. The predicted octanol–water partition coefficient (Wildman–Crippen LogP) is 1.27. The van der Waals surface area contributed by atoms with Gasteiger partial charge in [-0.3, -0.25) is 14.4 Å². The zero-order valence-electron chi connectivity index (χ0n) is 14.1. The van der Waals surface area contributed by atoms with Crippen LogP contribution in [-0.2, 0) is 23.1 Å². The third-order valence-corrected chi connectivity index (χ3v) is 4.90. The van der Waals surface area contributed by atoms with E-state index in [2.05, 4.69) is 16.2 Å². The number of likely N-dealkylation sites (tertiary alicyclic amines) is 1. The molecular weight excluding hydrogens is 292 g/mol. The van der Waals surface area contributed by atoms with E-state index in [0.29, 0.717) is 31.5 Å². The molecule has 0 aromatic carbocycles. The maximum Gasteiger partial charge on any atom is 0.222 e. The molecule has 1 amide bonds. The van der Waals surface area contributed by atoms with E-state index < -0.39 is 0 Å². The molecule has 128 valence electrons. The monoisotopic (exact) mass is 320 g/mol. The van der Waals surface area contributed by atoms with Gasteiger partial charge in [-0.25, -0.2) is 0 Å². The van der Waals surface area contributed by atoms with E-state index in [1.807, 2.05) is 22.8 Å². The summed E-state index contributed by atoms with van der Waals surface area (Å²) < 4.78 is 7.17. The van der Waals surface area contributed by atoms with Crippen LogP contribution in [0.15, 0.2) is 12.4 Å². The number of hydrogen-bond acceptors (Lipinski definition) is 4. The summed E-state index contributed by atoms with van der Waals surface area (Å²) >= 11 is 0. The molecule has 0 N–H and O–H groups in total. The van der Waals surface area contributed by atoms with Gasteiger partial charge in [-0.1, -0.05) is 0 Å². The number of rotatable bonds is 5. The van der Waals surface area contributed by atoms with Gasteiger partial charge in [0, 0.05) is 51.4 Å². The minimum atomic E-state index is 0.303. The number of piperidine rings is 1. The molecule has 0 spiro atoms. The highest BCUT2D eigenvalue weighted by Gasteiger charge is 2.23. The summed E-state index contributed by atoms with van der Waals surface area (Å²) in [6.45, 7) is 6.13. The van der Waals surface area contributed by atoms with Gasteiger partial charge in [-0.05, 0) is 31.7 Å². The van der Waals surface area contributed by atoms with Crippen LogP contribution in [0.2, 0.25) is 0 Å². The second-order valence-corrected chi connectivity index (χ2v) is 6.80. The van der Waals surface area contributed by atoms with Crippen LogP contribution in [-0.4, -0.2) is 64.9 Å². The molecule has 2 aliphatic heterocycles. The van der Waals surface area contributed by atoms with Crippen LogP contribution in [0.25, 0.3) is 0 Å². The van der Waals surface area contributed by atoms with Crippen LogP contribution >= 0.6 is 0 Å². The van der Waals surface area contributed by atoms with Gasteiger partial charge >= 0.3 is 0 Å². The van der Waals surface area contributed by atoms with Gasteiger partial charge in [0.1, 0.15) is 0 Å². The van der Waals surface area contributed by atoms with Gasteiger partial charge in [-0.2, -0.15) is 5.10 Å². The summed E-state index contributed by atoms with van der Waals surface area (Å²) in [5.41, 5.74) is 1.28. The SMILES string of the molecule is Cn1cc(CN2CCC[C@@H](CCC(=O)N3CCOCC3)C2)cn1. The maximum absolute atomic E-state index is 12.3. The molecule has 6 heteroatoms. The Morgan fingerprint density at radius 3 is 2.91 bits per heavy atom. The molecule has 23 heavy (non-hydrogen) atoms. The summed E-state index contributed by atoms with van der Waals surface area (Å²) in [6.07, 6.45) is 8.22. The zero-order valence-corrected chi connectivity index (χ0v) is 14.1. The van der Waals surface area contributed by atoms with Crippen molar-refractivity contribution in [1.29, 1.82) is 0 Å². The molecule has 0 radical (unpaired) electrons. The molecule has 0 aliphatic carbocycles. The third kappa shape index (κ3) is 4.78. The van der Waals surface area contributed by atoms with E-state index in [4.69, 9.17) is 4.74 Å². The number of morpholine rings is 1. The number of aromatic nitrogens is 2. The lowest BCUT2D eigenvalue weighted by atomic mass is 9.93. The summed E-state index contributed by atoms with van der Waals surface area (Å²) in [5, 5.41) is 4.24. The molecule has 1 aromatic rings. The number of aryl methyl sites for hydroxylation is 1. The fraction of sp³-hybridized carbons (Fsp3) is 0.765. The first-order chi connectivity index (χ1) is 11.2. The number of ether oxygens (including phenoxy) is 1. The molecule has 2 fully saturated rings. The van der Waals surface area contributed by atoms with Gasteiger partial charge < -0.3 is 9.64 Å². The normalized spacial score (nSPS) is 23.2. The highest BCUT2D eigenvalue weighted by Crippen LogP contribution is 2.23. The fourth-order valence-electron chi connectivity index (χ4n) is 3.64. The van der Waals surface area contributed by atoms with Crippen molar-refractivity contribution in [2.75, 3.05) is 39.4 Å². The second-order valence-electron chi connectivity index (χ2n) is 6.80. The van der Waals surface area contributed by atoms with Crippen molar-refractivity contribution in [3.8, 4) is 0 Å². The molecule has 0 bridgehead atoms. The highest BCUT2D eigenvalue weighted by atomic mass is 16.5. The van der Waals surface area contributed by atoms with E-state index in [9.17, 15) is 4.79 Å². The number of nitrogens with zero attached hydrogens (tertiary/aromatic N) is 4. The molecule has 1 aromatic heterocycles. The topological polar surface area (TPSA) is 50.6 Å². The number of hydrogen-bond donors (Lipinski definition) is 0. The lowest BCUT2D eigenvalue weighted by molar-refractivity contribution is -0.135. The van der Waals surface area contributed by atoms with Gasteiger partial charge in [0.2, 0.25) is 5.91 Å². The second kappa shape index (κ2) is 7.93. The minimum Gasteiger partial charge on any atom is -0.378 e. The molecule has 3 rings (SSSR count). The fourth-order valence-corrected chi connectivity index (χ4v) is 3.64. The number of amides is 1. The van der Waals surface area contributed by atoms with Gasteiger partial charge in [0.05, 0.1) is 19.4 Å². The Kier molecular flexibility index (Phi) is 5.67. The average Bonchev–Trinajstić information content (AvgIpc) is 2.99. The third-order valence-electron chi connectivity index (χ3n) is 4.90. The lowest BCUT2D eigenvalue weighted by Gasteiger charge is -2.33. The van der Waals surface area contributed by atoms with Crippen molar-refractivity contribution in [3.63, 3.8) is 0 Å². The largest absolute Gasteiger partial charge is 0.378 e. The smallest absolute Gasteiger partial charge is 0.222 e. The van der Waals surface area contributed by atoms with E-state index >= 15 is 0 Å². The van der Waals surface area contributed by atoms with Crippen molar-refractivity contribution >= 4 is 5.91 Å². The molecule has 2 aliphatic rings. The van der Waals surface area contributed by atoms with Gasteiger partial charge in [0.25, 0.3) is 0 Å². The van der Waals surface area contributed by atoms with Crippen LogP contribution < -0.4 is 0 Å². The summed E-state index contributed by atoms with van der Waals surface area (Å²) in [4.78, 5) is 16.7. The first kappa shape index (κ1) is 16.5. The van der Waals surface area contributed by atoms with E-state index in [-0.39, 0.29) is 0 Å². The standard InChI is InChI=1S/C17H28N4O2/c1-19-12-16(11-18-19)14-20-6-2-3-15(13-20)4-5-17(22)21-7-9-23-10-8-21/h11-12,15H,2-10,13-14H2,1H3/t15-/m0/s1. The molecule has 0 unspecified atom stereocenters. The Hall–Kier alpha value is -1.40. The van der Waals surface area contributed by atoms with Crippen LogP contribution in [0.4, 0.5) is 0 Å².